The second kappa shape index (κ2) is 7.11. The maximum absolute atomic E-state index is 13.0. The monoisotopic (exact) mass is 349 g/mol. The Kier molecular flexibility index (Phi) is 5.11. The molecule has 1 saturated carbocycles. The number of carbonyl (C=O) groups excluding carboxylic acids is 2. The van der Waals surface area contributed by atoms with Crippen molar-refractivity contribution in [3.63, 3.8) is 0 Å². The highest BCUT2D eigenvalue weighted by molar-refractivity contribution is 6.30. The zero-order valence-corrected chi connectivity index (χ0v) is 14.8. The van der Waals surface area contributed by atoms with Gasteiger partial charge in [-0.05, 0) is 37.5 Å². The molecule has 1 aliphatic carbocycles. The summed E-state index contributed by atoms with van der Waals surface area (Å²) in [7, 11) is 0. The molecule has 6 heteroatoms. The molecule has 3 rings (SSSR count). The number of hydrogen-bond acceptors (Lipinski definition) is 3. The third kappa shape index (κ3) is 3.57. The lowest BCUT2D eigenvalue weighted by atomic mass is 9.94. The van der Waals surface area contributed by atoms with Crippen LogP contribution in [0.4, 0.5) is 0 Å². The van der Waals surface area contributed by atoms with Gasteiger partial charge in [0.2, 0.25) is 11.8 Å². The number of piperazine rings is 1. The van der Waals surface area contributed by atoms with E-state index >= 15 is 0 Å². The Hall–Kier alpha value is -1.59. The molecule has 2 amide bonds. The van der Waals surface area contributed by atoms with Crippen LogP contribution >= 0.6 is 11.6 Å². The van der Waals surface area contributed by atoms with E-state index in [1.165, 1.54) is 0 Å². The quantitative estimate of drug-likeness (QED) is 0.879. The normalized spacial score (nSPS) is 19.8. The number of nitrogens with zero attached hydrogens (tertiary/aromatic N) is 2. The molecule has 5 nitrogen and oxygen atoms in total. The second-order valence-corrected chi connectivity index (χ2v) is 7.05. The second-order valence-electron chi connectivity index (χ2n) is 6.61. The molecule has 1 N–H and O–H groups in total. The van der Waals surface area contributed by atoms with Crippen molar-refractivity contribution in [2.45, 2.75) is 25.2 Å². The molecular formula is C18H24ClN3O2. The highest BCUT2D eigenvalue weighted by Crippen LogP contribution is 2.49. The van der Waals surface area contributed by atoms with Gasteiger partial charge in [-0.15, -0.1) is 0 Å². The molecule has 1 heterocycles. The first-order chi connectivity index (χ1) is 11.5. The lowest BCUT2D eigenvalue weighted by Crippen LogP contribution is -2.53. The van der Waals surface area contributed by atoms with Crippen molar-refractivity contribution in [3.8, 4) is 0 Å². The van der Waals surface area contributed by atoms with Gasteiger partial charge in [0.15, 0.2) is 0 Å². The molecule has 0 spiro atoms. The highest BCUT2D eigenvalue weighted by atomic mass is 35.5. The topological polar surface area (TPSA) is 52.7 Å². The molecule has 2 fully saturated rings. The van der Waals surface area contributed by atoms with Gasteiger partial charge in [-0.2, -0.15) is 0 Å². The summed E-state index contributed by atoms with van der Waals surface area (Å²) in [4.78, 5) is 28.7. The first kappa shape index (κ1) is 17.2. The van der Waals surface area contributed by atoms with Crippen LogP contribution in [-0.4, -0.2) is 60.9 Å². The van der Waals surface area contributed by atoms with Crippen molar-refractivity contribution in [2.24, 2.45) is 0 Å². The SMILES string of the molecule is CCNC(=O)CN1CCN(C(=O)C2(c3ccc(Cl)cc3)CC2)CC1. The average Bonchev–Trinajstić information content (AvgIpc) is 3.37. The molecule has 1 aliphatic heterocycles. The Bertz CT molecular complexity index is 605. The fraction of sp³-hybridized carbons (Fsp3) is 0.556. The van der Waals surface area contributed by atoms with E-state index in [4.69, 9.17) is 11.6 Å². The third-order valence-electron chi connectivity index (χ3n) is 4.96. The number of nitrogens with one attached hydrogen (secondary N) is 1. The van der Waals surface area contributed by atoms with Crippen LogP contribution in [0.15, 0.2) is 24.3 Å². The first-order valence-electron chi connectivity index (χ1n) is 8.59. The molecule has 130 valence electrons. The molecule has 0 bridgehead atoms. The average molecular weight is 350 g/mol. The summed E-state index contributed by atoms with van der Waals surface area (Å²) >= 11 is 5.96. The largest absolute Gasteiger partial charge is 0.355 e. The summed E-state index contributed by atoms with van der Waals surface area (Å²) < 4.78 is 0. The first-order valence-corrected chi connectivity index (χ1v) is 8.97. The minimum absolute atomic E-state index is 0.0529. The molecular weight excluding hydrogens is 326 g/mol. The summed E-state index contributed by atoms with van der Waals surface area (Å²) in [5, 5.41) is 3.51. The number of benzene rings is 1. The van der Waals surface area contributed by atoms with Crippen molar-refractivity contribution in [2.75, 3.05) is 39.3 Å². The number of carbonyl (C=O) groups is 2. The summed E-state index contributed by atoms with van der Waals surface area (Å²) in [5.41, 5.74) is 0.730. The lowest BCUT2D eigenvalue weighted by molar-refractivity contribution is -0.136. The minimum Gasteiger partial charge on any atom is -0.355 e. The zero-order chi connectivity index (χ0) is 17.2. The molecule has 0 atom stereocenters. The van der Waals surface area contributed by atoms with Gasteiger partial charge < -0.3 is 10.2 Å². The summed E-state index contributed by atoms with van der Waals surface area (Å²) in [6, 6.07) is 7.65. The van der Waals surface area contributed by atoms with E-state index in [0.29, 0.717) is 31.2 Å². The lowest BCUT2D eigenvalue weighted by Gasteiger charge is -2.36. The maximum Gasteiger partial charge on any atom is 0.234 e. The van der Waals surface area contributed by atoms with Gasteiger partial charge in [0.05, 0.1) is 12.0 Å². The van der Waals surface area contributed by atoms with Crippen LogP contribution in [0, 0.1) is 0 Å². The Morgan fingerprint density at radius 3 is 2.29 bits per heavy atom. The fourth-order valence-corrected chi connectivity index (χ4v) is 3.51. The van der Waals surface area contributed by atoms with E-state index in [1.807, 2.05) is 36.1 Å². The van der Waals surface area contributed by atoms with E-state index in [1.54, 1.807) is 0 Å². The highest BCUT2D eigenvalue weighted by Gasteiger charge is 2.53. The van der Waals surface area contributed by atoms with Crippen LogP contribution in [-0.2, 0) is 15.0 Å². The van der Waals surface area contributed by atoms with Gasteiger partial charge in [0.1, 0.15) is 0 Å². The van der Waals surface area contributed by atoms with Crippen LogP contribution in [0.1, 0.15) is 25.3 Å². The summed E-state index contributed by atoms with van der Waals surface area (Å²) in [5.74, 6) is 0.277. The fourth-order valence-electron chi connectivity index (χ4n) is 3.39. The molecule has 1 aromatic rings. The Morgan fingerprint density at radius 2 is 1.75 bits per heavy atom. The van der Waals surface area contributed by atoms with Crippen LogP contribution in [0.5, 0.6) is 0 Å². The standard InChI is InChI=1S/C18H24ClN3O2/c1-2-20-16(23)13-21-9-11-22(12-10-21)17(24)18(7-8-18)14-3-5-15(19)6-4-14/h3-6H,2,7-13H2,1H3,(H,20,23). The third-order valence-corrected chi connectivity index (χ3v) is 5.21. The molecule has 0 unspecified atom stereocenters. The summed E-state index contributed by atoms with van der Waals surface area (Å²) in [6.45, 7) is 5.86. The van der Waals surface area contributed by atoms with E-state index < -0.39 is 0 Å². The van der Waals surface area contributed by atoms with Crippen LogP contribution in [0.3, 0.4) is 0 Å². The number of likely N-dealkylation sites (N-methyl/N-ethyl adjacent to an activating group) is 1. The predicted octanol–water partition coefficient (Wildman–Crippen LogP) is 1.65. The number of amides is 2. The molecule has 1 aromatic carbocycles. The summed E-state index contributed by atoms with van der Waals surface area (Å²) in [6.07, 6.45) is 1.82. The Morgan fingerprint density at radius 1 is 1.12 bits per heavy atom. The van der Waals surface area contributed by atoms with Gasteiger partial charge in [0, 0.05) is 37.7 Å². The van der Waals surface area contributed by atoms with Crippen molar-refractivity contribution in [1.29, 1.82) is 0 Å². The Labute approximate surface area is 147 Å². The van der Waals surface area contributed by atoms with E-state index in [0.717, 1.165) is 31.5 Å². The van der Waals surface area contributed by atoms with Crippen LogP contribution in [0.2, 0.25) is 5.02 Å². The maximum atomic E-state index is 13.0. The predicted molar refractivity (Wildman–Crippen MR) is 94.1 cm³/mol. The minimum atomic E-state index is -0.341. The van der Waals surface area contributed by atoms with E-state index in [-0.39, 0.29) is 17.2 Å². The van der Waals surface area contributed by atoms with Gasteiger partial charge >= 0.3 is 0 Å². The van der Waals surface area contributed by atoms with Crippen LogP contribution in [0.25, 0.3) is 0 Å². The van der Waals surface area contributed by atoms with Gasteiger partial charge in [-0.1, -0.05) is 23.7 Å². The molecule has 0 radical (unpaired) electrons. The molecule has 2 aliphatic rings. The van der Waals surface area contributed by atoms with E-state index in [9.17, 15) is 9.59 Å². The molecule has 24 heavy (non-hydrogen) atoms. The van der Waals surface area contributed by atoms with Gasteiger partial charge in [0.25, 0.3) is 0 Å². The van der Waals surface area contributed by atoms with Crippen molar-refractivity contribution in [3.05, 3.63) is 34.9 Å². The number of rotatable bonds is 5. The van der Waals surface area contributed by atoms with Gasteiger partial charge in [-0.25, -0.2) is 0 Å². The van der Waals surface area contributed by atoms with Crippen molar-refractivity contribution >= 4 is 23.4 Å². The molecule has 0 aromatic heterocycles. The van der Waals surface area contributed by atoms with Crippen molar-refractivity contribution in [1.82, 2.24) is 15.1 Å². The Balaban J connectivity index is 1.57. The molecule has 1 saturated heterocycles. The van der Waals surface area contributed by atoms with Crippen molar-refractivity contribution < 1.29 is 9.59 Å². The van der Waals surface area contributed by atoms with Gasteiger partial charge in [-0.3, -0.25) is 14.5 Å². The smallest absolute Gasteiger partial charge is 0.234 e. The number of hydrogen-bond donors (Lipinski definition) is 1. The van der Waals surface area contributed by atoms with Crippen LogP contribution < -0.4 is 5.32 Å². The van der Waals surface area contributed by atoms with E-state index in [2.05, 4.69) is 10.2 Å². The zero-order valence-electron chi connectivity index (χ0n) is 14.1. The number of halogens is 1.